The maximum atomic E-state index is 13.9. The first-order valence-corrected chi connectivity index (χ1v) is 14.1. The number of nitrogens with zero attached hydrogens (tertiary/aromatic N) is 1. The molecule has 41 heavy (non-hydrogen) atoms. The summed E-state index contributed by atoms with van der Waals surface area (Å²) in [6.07, 6.45) is -1.83. The van der Waals surface area contributed by atoms with E-state index in [0.717, 1.165) is 22.3 Å². The summed E-state index contributed by atoms with van der Waals surface area (Å²) in [7, 11) is 0. The normalized spacial score (nSPS) is 20.2. The highest BCUT2D eigenvalue weighted by atomic mass is 16.6. The van der Waals surface area contributed by atoms with Crippen LogP contribution in [0.15, 0.2) is 48.5 Å². The number of alkyl carbamates (subject to hydrolysis) is 1. The fourth-order valence-corrected chi connectivity index (χ4v) is 5.81. The molecule has 4 rings (SSSR count). The number of hydrogen-bond acceptors (Lipinski definition) is 6. The molecule has 0 aromatic heterocycles. The number of fused-ring (bicyclic) bond motifs is 3. The lowest BCUT2D eigenvalue weighted by atomic mass is 9.98. The molecule has 0 spiro atoms. The van der Waals surface area contributed by atoms with E-state index in [4.69, 9.17) is 14.2 Å². The van der Waals surface area contributed by atoms with E-state index in [2.05, 4.69) is 17.4 Å². The van der Waals surface area contributed by atoms with Gasteiger partial charge < -0.3 is 29.5 Å². The zero-order valence-electron chi connectivity index (χ0n) is 25.0. The number of aliphatic carboxylic acids is 1. The van der Waals surface area contributed by atoms with E-state index >= 15 is 0 Å². The maximum absolute atomic E-state index is 13.9. The fraction of sp³-hybridized carbons (Fsp3) is 0.531. The lowest BCUT2D eigenvalue weighted by Crippen LogP contribution is -2.57. The molecular formula is C32H42N2O7. The van der Waals surface area contributed by atoms with Gasteiger partial charge in [-0.25, -0.2) is 9.59 Å². The van der Waals surface area contributed by atoms with Crippen LogP contribution in [-0.4, -0.2) is 76.6 Å². The van der Waals surface area contributed by atoms with Crippen molar-refractivity contribution in [2.24, 2.45) is 0 Å². The number of likely N-dealkylation sites (tertiary alicyclic amines) is 1. The second kappa shape index (κ2) is 11.8. The Morgan fingerprint density at radius 1 is 0.951 bits per heavy atom. The minimum atomic E-state index is -1.17. The number of carboxylic acid groups (broad SMARTS) is 1. The average molecular weight is 567 g/mol. The van der Waals surface area contributed by atoms with Crippen LogP contribution >= 0.6 is 0 Å². The minimum absolute atomic E-state index is 0.0816. The van der Waals surface area contributed by atoms with Crippen LogP contribution in [0.3, 0.4) is 0 Å². The highest BCUT2D eigenvalue weighted by Gasteiger charge is 2.45. The van der Waals surface area contributed by atoms with Gasteiger partial charge >= 0.3 is 12.1 Å². The fourth-order valence-electron chi connectivity index (χ4n) is 5.81. The lowest BCUT2D eigenvalue weighted by Gasteiger charge is -2.34. The topological polar surface area (TPSA) is 114 Å². The molecule has 9 heteroatoms. The molecule has 2 aromatic carbocycles. The quantitative estimate of drug-likeness (QED) is 0.464. The molecule has 0 unspecified atom stereocenters. The predicted octanol–water partition coefficient (Wildman–Crippen LogP) is 4.97. The van der Waals surface area contributed by atoms with Crippen LogP contribution in [-0.2, 0) is 23.8 Å². The van der Waals surface area contributed by atoms with Crippen LogP contribution in [0, 0.1) is 0 Å². The summed E-state index contributed by atoms with van der Waals surface area (Å²) < 4.78 is 17.8. The van der Waals surface area contributed by atoms with E-state index in [1.165, 1.54) is 4.90 Å². The minimum Gasteiger partial charge on any atom is -0.480 e. The molecule has 4 atom stereocenters. The zero-order chi connectivity index (χ0) is 30.1. The van der Waals surface area contributed by atoms with Gasteiger partial charge in [-0.1, -0.05) is 48.5 Å². The molecule has 1 aliphatic carbocycles. The van der Waals surface area contributed by atoms with Gasteiger partial charge in [0.25, 0.3) is 0 Å². The Balaban J connectivity index is 1.51. The van der Waals surface area contributed by atoms with Gasteiger partial charge in [0.2, 0.25) is 5.91 Å². The van der Waals surface area contributed by atoms with Crippen molar-refractivity contribution in [1.29, 1.82) is 0 Å². The van der Waals surface area contributed by atoms with Crippen molar-refractivity contribution in [3.63, 3.8) is 0 Å². The van der Waals surface area contributed by atoms with Gasteiger partial charge in [0.1, 0.15) is 18.7 Å². The number of hydrogen-bond donors (Lipinski definition) is 2. The predicted molar refractivity (Wildman–Crippen MR) is 155 cm³/mol. The third-order valence-corrected chi connectivity index (χ3v) is 7.24. The van der Waals surface area contributed by atoms with E-state index in [1.807, 2.05) is 77.9 Å². The summed E-state index contributed by atoms with van der Waals surface area (Å²) in [5, 5.41) is 12.6. The van der Waals surface area contributed by atoms with Crippen molar-refractivity contribution >= 4 is 18.0 Å². The number of amides is 2. The van der Waals surface area contributed by atoms with Crippen LogP contribution in [0.4, 0.5) is 4.79 Å². The van der Waals surface area contributed by atoms with Gasteiger partial charge in [-0.15, -0.1) is 0 Å². The maximum Gasteiger partial charge on any atom is 0.407 e. The van der Waals surface area contributed by atoms with Crippen molar-refractivity contribution in [1.82, 2.24) is 10.2 Å². The Hall–Kier alpha value is -3.43. The van der Waals surface area contributed by atoms with Crippen molar-refractivity contribution in [2.45, 2.75) is 96.3 Å². The van der Waals surface area contributed by atoms with Gasteiger partial charge in [0, 0.05) is 18.9 Å². The van der Waals surface area contributed by atoms with E-state index in [9.17, 15) is 19.5 Å². The molecule has 2 aliphatic rings. The molecule has 0 saturated carbocycles. The molecule has 2 N–H and O–H groups in total. The second-order valence-electron chi connectivity index (χ2n) is 12.8. The highest BCUT2D eigenvalue weighted by Crippen LogP contribution is 2.44. The molecule has 2 amide bonds. The summed E-state index contributed by atoms with van der Waals surface area (Å²) in [6, 6.07) is 13.8. The molecule has 1 heterocycles. The van der Waals surface area contributed by atoms with Crippen molar-refractivity contribution in [3.8, 4) is 11.1 Å². The van der Waals surface area contributed by atoms with Gasteiger partial charge in [0.05, 0.1) is 23.4 Å². The molecule has 0 radical (unpaired) electrons. The SMILES string of the molecule is C[C@H](OC(C)(C)C)[C@@H](NC(=O)OCC1c2ccccc2-c2ccccc21)C(=O)N1C[C@H](OC(C)(C)C)C[C@H]1C(=O)O. The standard InChI is InChI=1S/C32H42N2O7/c1-19(40-31(2,3)4)27(28(35)34-17-20(41-32(5,6)7)16-26(34)29(36)37)33-30(38)39-18-25-23-14-10-8-12-21(23)22-13-9-11-15-24(22)25/h8-15,19-20,25-27H,16-18H2,1-7H3,(H,33,38)(H,36,37)/t19-,20+,26-,27+/m0/s1. The summed E-state index contributed by atoms with van der Waals surface area (Å²) in [4.78, 5) is 40.5. The molecule has 9 nitrogen and oxygen atoms in total. The van der Waals surface area contributed by atoms with Crippen LogP contribution < -0.4 is 5.32 Å². The van der Waals surface area contributed by atoms with Gasteiger partial charge in [-0.3, -0.25) is 4.79 Å². The van der Waals surface area contributed by atoms with Gasteiger partial charge in [-0.05, 0) is 70.7 Å². The number of benzene rings is 2. The monoisotopic (exact) mass is 566 g/mol. The second-order valence-corrected chi connectivity index (χ2v) is 12.8. The summed E-state index contributed by atoms with van der Waals surface area (Å²) in [6.45, 7) is 13.1. The highest BCUT2D eigenvalue weighted by molar-refractivity contribution is 5.90. The molecule has 1 saturated heterocycles. The van der Waals surface area contributed by atoms with Gasteiger partial charge in [0.15, 0.2) is 0 Å². The Morgan fingerprint density at radius 3 is 2.02 bits per heavy atom. The van der Waals surface area contributed by atoms with Crippen LogP contribution in [0.5, 0.6) is 0 Å². The number of nitrogens with one attached hydrogen (secondary N) is 1. The van der Waals surface area contributed by atoms with Crippen LogP contribution in [0.1, 0.15) is 71.9 Å². The van der Waals surface area contributed by atoms with E-state index in [0.29, 0.717) is 0 Å². The number of carboxylic acids is 1. The van der Waals surface area contributed by atoms with E-state index in [1.54, 1.807) is 6.92 Å². The lowest BCUT2D eigenvalue weighted by molar-refractivity contribution is -0.152. The smallest absolute Gasteiger partial charge is 0.407 e. The Morgan fingerprint density at radius 2 is 1.51 bits per heavy atom. The van der Waals surface area contributed by atoms with E-state index < -0.39 is 53.5 Å². The number of carbonyl (C=O) groups is 3. The summed E-state index contributed by atoms with van der Waals surface area (Å²) >= 11 is 0. The first kappa shape index (κ1) is 30.5. The first-order valence-electron chi connectivity index (χ1n) is 14.1. The van der Waals surface area contributed by atoms with E-state index in [-0.39, 0.29) is 25.5 Å². The third kappa shape index (κ3) is 7.26. The Kier molecular flexibility index (Phi) is 8.80. The zero-order valence-corrected chi connectivity index (χ0v) is 25.0. The molecule has 1 aliphatic heterocycles. The Bertz CT molecular complexity index is 1230. The van der Waals surface area contributed by atoms with Crippen molar-refractivity contribution in [2.75, 3.05) is 13.2 Å². The molecular weight excluding hydrogens is 524 g/mol. The molecule has 222 valence electrons. The number of rotatable bonds is 8. The van der Waals surface area contributed by atoms with Gasteiger partial charge in [-0.2, -0.15) is 0 Å². The Labute approximate surface area is 242 Å². The largest absolute Gasteiger partial charge is 0.480 e. The van der Waals surface area contributed by atoms with Crippen LogP contribution in [0.25, 0.3) is 11.1 Å². The third-order valence-electron chi connectivity index (χ3n) is 7.24. The number of carbonyl (C=O) groups excluding carboxylic acids is 2. The average Bonchev–Trinajstić information content (AvgIpc) is 3.43. The summed E-state index contributed by atoms with van der Waals surface area (Å²) in [5.41, 5.74) is 3.25. The first-order chi connectivity index (χ1) is 19.1. The number of ether oxygens (including phenoxy) is 3. The molecule has 1 fully saturated rings. The van der Waals surface area contributed by atoms with Crippen molar-refractivity contribution in [3.05, 3.63) is 59.7 Å². The summed E-state index contributed by atoms with van der Waals surface area (Å²) in [5.74, 6) is -1.82. The molecule has 2 aromatic rings. The molecule has 0 bridgehead atoms. The van der Waals surface area contributed by atoms with Crippen molar-refractivity contribution < 1.29 is 33.7 Å². The van der Waals surface area contributed by atoms with Crippen LogP contribution in [0.2, 0.25) is 0 Å².